The molecule has 0 unspecified atom stereocenters. The smallest absolute Gasteiger partial charge is 0.342 e. The van der Waals surface area contributed by atoms with Gasteiger partial charge in [0.05, 0.1) is 16.7 Å². The number of Topliss-reactive ketones (excluding diaryl/α,β-unsaturated/α-hetero) is 1. The average molecular weight is 624 g/mol. The maximum absolute atomic E-state index is 15.0. The number of esters is 2. The van der Waals surface area contributed by atoms with Crippen molar-refractivity contribution < 1.29 is 34.1 Å². The number of nitrogens with zero attached hydrogens (tertiary/aromatic N) is 1. The Kier molecular flexibility index (Phi) is 5.28. The zero-order chi connectivity index (χ0) is 31.9. The minimum Gasteiger partial charge on any atom is -0.507 e. The number of halogens is 1. The number of cyclic esters (lactones) is 1. The lowest BCUT2D eigenvalue weighted by Crippen LogP contribution is -2.55. The van der Waals surface area contributed by atoms with Crippen LogP contribution in [-0.2, 0) is 19.7 Å². The molecule has 0 saturated heterocycles. The van der Waals surface area contributed by atoms with Crippen LogP contribution in [0.5, 0.6) is 11.6 Å². The molecule has 0 amide bonds. The average Bonchev–Trinajstić information content (AvgIpc) is 3.18. The SMILES string of the molecule is CC(=O)O[C@H]1[C@@H]2C(=O)c3c(C)cc(O)c4c3[C@@]1(COC4=O)c1c2c2c(C)cc(=O)c3c(O)n(-c4ccc(Cl)cc4)cc(c1=O)c23. The highest BCUT2D eigenvalue weighted by molar-refractivity contribution is 6.30. The van der Waals surface area contributed by atoms with Gasteiger partial charge in [-0.3, -0.25) is 23.7 Å². The Hall–Kier alpha value is -5.22. The van der Waals surface area contributed by atoms with Crippen LogP contribution in [0.15, 0.2) is 52.2 Å². The van der Waals surface area contributed by atoms with Gasteiger partial charge >= 0.3 is 11.9 Å². The van der Waals surface area contributed by atoms with Gasteiger partial charge in [-0.1, -0.05) is 11.6 Å². The Morgan fingerprint density at radius 1 is 0.978 bits per heavy atom. The van der Waals surface area contributed by atoms with Crippen molar-refractivity contribution in [3.8, 4) is 17.3 Å². The summed E-state index contributed by atoms with van der Waals surface area (Å²) in [5.41, 5.74) is -1.26. The van der Waals surface area contributed by atoms with E-state index in [2.05, 4.69) is 0 Å². The van der Waals surface area contributed by atoms with Gasteiger partial charge in [0.15, 0.2) is 16.6 Å². The monoisotopic (exact) mass is 623 g/mol. The van der Waals surface area contributed by atoms with Gasteiger partial charge in [0, 0.05) is 45.7 Å². The molecular weight excluding hydrogens is 602 g/mol. The molecule has 224 valence electrons. The Balaban J connectivity index is 1.63. The molecule has 45 heavy (non-hydrogen) atoms. The Morgan fingerprint density at radius 3 is 2.38 bits per heavy atom. The summed E-state index contributed by atoms with van der Waals surface area (Å²) in [6.45, 7) is 4.02. The van der Waals surface area contributed by atoms with Crippen molar-refractivity contribution in [1.29, 1.82) is 0 Å². The summed E-state index contributed by atoms with van der Waals surface area (Å²) in [5, 5.41) is 23.4. The third-order valence-electron chi connectivity index (χ3n) is 9.54. The van der Waals surface area contributed by atoms with E-state index >= 15 is 0 Å². The first kappa shape index (κ1) is 27.3. The molecule has 1 aromatic heterocycles. The van der Waals surface area contributed by atoms with Crippen LogP contribution >= 0.6 is 11.6 Å². The highest BCUT2D eigenvalue weighted by atomic mass is 35.5. The third-order valence-corrected chi connectivity index (χ3v) is 9.79. The summed E-state index contributed by atoms with van der Waals surface area (Å²) in [4.78, 5) is 68.8. The Labute approximate surface area is 258 Å². The number of phenols is 1. The summed E-state index contributed by atoms with van der Waals surface area (Å²) in [6.07, 6.45) is 0.117. The number of phenolic OH excluding ortho intramolecular Hbond substituents is 1. The van der Waals surface area contributed by atoms with Crippen molar-refractivity contribution in [2.24, 2.45) is 0 Å². The molecule has 3 atom stereocenters. The Morgan fingerprint density at radius 2 is 1.69 bits per heavy atom. The first-order chi connectivity index (χ1) is 21.4. The first-order valence-corrected chi connectivity index (χ1v) is 14.5. The molecule has 2 heterocycles. The standard InChI is InChI=1S/C34H22ClNO9/c1-12-8-18(38)23-22-17(10-36(32(23)42)16-6-4-15(35)5-7-16)29(40)28-25(20(12)22)26-30(41)21-13(2)9-19(39)24-27(21)34(28,11-44-33(24)43)31(26)45-14(3)37/h4-10,26,31,39,42H,11H2,1-3H3/t26-,31-,34-/m0/s1. The lowest BCUT2D eigenvalue weighted by Gasteiger charge is -2.44. The lowest BCUT2D eigenvalue weighted by atomic mass is 9.63. The van der Waals surface area contributed by atoms with Crippen LogP contribution in [0.25, 0.3) is 27.2 Å². The normalized spacial score (nSPS) is 21.2. The molecule has 2 N–H and O–H groups in total. The number of aromatic nitrogens is 1. The zero-order valence-electron chi connectivity index (χ0n) is 24.0. The number of aromatic hydroxyl groups is 2. The van der Waals surface area contributed by atoms with Gasteiger partial charge in [-0.15, -0.1) is 0 Å². The molecule has 2 bridgehead atoms. The van der Waals surface area contributed by atoms with Gasteiger partial charge in [-0.2, -0.15) is 0 Å². The maximum atomic E-state index is 15.0. The van der Waals surface area contributed by atoms with Crippen molar-refractivity contribution in [1.82, 2.24) is 4.57 Å². The summed E-state index contributed by atoms with van der Waals surface area (Å²) in [7, 11) is 0. The molecule has 1 spiro atoms. The number of hydrogen-bond donors (Lipinski definition) is 2. The van der Waals surface area contributed by atoms with E-state index < -0.39 is 64.3 Å². The number of carbonyl (C=O) groups is 3. The summed E-state index contributed by atoms with van der Waals surface area (Å²) < 4.78 is 12.8. The predicted octanol–water partition coefficient (Wildman–Crippen LogP) is 4.31. The second-order valence-electron chi connectivity index (χ2n) is 11.9. The van der Waals surface area contributed by atoms with Gasteiger partial charge in [-0.05, 0) is 77.9 Å². The maximum Gasteiger partial charge on any atom is 0.342 e. The number of hydrogen-bond acceptors (Lipinski definition) is 9. The minimum absolute atomic E-state index is 0.0557. The van der Waals surface area contributed by atoms with Crippen LogP contribution in [0, 0.1) is 13.8 Å². The van der Waals surface area contributed by atoms with Crippen molar-refractivity contribution in [3.63, 3.8) is 0 Å². The number of rotatable bonds is 2. The van der Waals surface area contributed by atoms with Crippen molar-refractivity contribution >= 4 is 50.9 Å². The van der Waals surface area contributed by atoms with E-state index in [0.29, 0.717) is 27.2 Å². The van der Waals surface area contributed by atoms with E-state index in [4.69, 9.17) is 21.1 Å². The second kappa shape index (κ2) is 8.70. The highest BCUT2D eigenvalue weighted by Crippen LogP contribution is 2.61. The molecule has 11 heteroatoms. The first-order valence-electron chi connectivity index (χ1n) is 14.1. The van der Waals surface area contributed by atoms with Crippen LogP contribution in [0.4, 0.5) is 0 Å². The number of fused-ring (bicyclic) bond motifs is 4. The number of pyridine rings is 1. The topological polar surface area (TPSA) is 149 Å². The number of ketones is 1. The highest BCUT2D eigenvalue weighted by Gasteiger charge is 2.67. The molecular formula is C34H22ClNO9. The number of ether oxygens (including phenoxy) is 2. The summed E-state index contributed by atoms with van der Waals surface area (Å²) >= 11 is 6.09. The fourth-order valence-electron chi connectivity index (χ4n) is 7.97. The molecule has 2 aliphatic carbocycles. The Bertz CT molecular complexity index is 2380. The van der Waals surface area contributed by atoms with E-state index in [0.717, 1.165) is 0 Å². The largest absolute Gasteiger partial charge is 0.507 e. The summed E-state index contributed by atoms with van der Waals surface area (Å²) in [6, 6.07) is 9.05. The lowest BCUT2D eigenvalue weighted by molar-refractivity contribution is -0.150. The molecule has 10 nitrogen and oxygen atoms in total. The van der Waals surface area contributed by atoms with Crippen molar-refractivity contribution in [2.75, 3.05) is 6.61 Å². The van der Waals surface area contributed by atoms with Crippen LogP contribution in [0.3, 0.4) is 0 Å². The van der Waals surface area contributed by atoms with Gasteiger partial charge in [0.25, 0.3) is 0 Å². The second-order valence-corrected chi connectivity index (χ2v) is 12.3. The van der Waals surface area contributed by atoms with Crippen LogP contribution < -0.4 is 10.9 Å². The van der Waals surface area contributed by atoms with Gasteiger partial charge in [-0.25, -0.2) is 4.79 Å². The van der Waals surface area contributed by atoms with E-state index in [1.807, 2.05) is 0 Å². The minimum atomic E-state index is -1.64. The molecule has 0 saturated carbocycles. The van der Waals surface area contributed by atoms with E-state index in [1.54, 1.807) is 38.1 Å². The van der Waals surface area contributed by atoms with Crippen LogP contribution in [0.2, 0.25) is 5.02 Å². The van der Waals surface area contributed by atoms with Gasteiger partial charge in [0.2, 0.25) is 5.88 Å². The van der Waals surface area contributed by atoms with Gasteiger partial charge in [0.1, 0.15) is 24.0 Å². The molecule has 1 aliphatic heterocycles. The fraction of sp³-hybridized carbons (Fsp3) is 0.206. The quantitative estimate of drug-likeness (QED) is 0.274. The number of benzene rings is 4. The number of aryl methyl sites for hydroxylation is 2. The van der Waals surface area contributed by atoms with E-state index in [-0.39, 0.29) is 44.0 Å². The molecule has 8 rings (SSSR count). The molecule has 0 radical (unpaired) electrons. The molecule has 5 aromatic rings. The molecule has 4 aromatic carbocycles. The van der Waals surface area contributed by atoms with Crippen molar-refractivity contribution in [3.05, 3.63) is 107 Å². The van der Waals surface area contributed by atoms with Gasteiger partial charge < -0.3 is 19.7 Å². The summed E-state index contributed by atoms with van der Waals surface area (Å²) in [5.74, 6) is -4.15. The van der Waals surface area contributed by atoms with Crippen LogP contribution in [-0.4, -0.2) is 45.2 Å². The third kappa shape index (κ3) is 3.16. The predicted molar refractivity (Wildman–Crippen MR) is 162 cm³/mol. The molecule has 0 fully saturated rings. The van der Waals surface area contributed by atoms with Crippen LogP contribution in [0.1, 0.15) is 61.4 Å². The van der Waals surface area contributed by atoms with E-state index in [9.17, 15) is 34.2 Å². The zero-order valence-corrected chi connectivity index (χ0v) is 24.7. The van der Waals surface area contributed by atoms with Crippen molar-refractivity contribution in [2.45, 2.75) is 38.2 Å². The molecule has 3 aliphatic rings. The number of carbonyl (C=O) groups excluding carboxylic acids is 3. The fourth-order valence-corrected chi connectivity index (χ4v) is 8.10. The van der Waals surface area contributed by atoms with E-state index in [1.165, 1.54) is 29.8 Å².